The van der Waals surface area contributed by atoms with Crippen LogP contribution in [0.4, 0.5) is 0 Å². The molecule has 184 valence electrons. The van der Waals surface area contributed by atoms with Crippen molar-refractivity contribution in [2.24, 2.45) is 0 Å². The molecule has 2 aromatic heterocycles. The summed E-state index contributed by atoms with van der Waals surface area (Å²) in [5, 5.41) is 2.96. The number of ketones is 2. The van der Waals surface area contributed by atoms with Crippen LogP contribution in [0.1, 0.15) is 57.8 Å². The number of nitrogens with zero attached hydrogens (tertiary/aromatic N) is 2. The molecule has 6 nitrogen and oxygen atoms in total. The third kappa shape index (κ3) is 4.63. The van der Waals surface area contributed by atoms with E-state index in [4.69, 9.17) is 32.7 Å². The summed E-state index contributed by atoms with van der Waals surface area (Å²) in [5.74, 6) is 1.56. The number of hydrogen-bond acceptors (Lipinski definition) is 6. The molecule has 0 fully saturated rings. The number of ether oxygens (including phenoxy) is 2. The summed E-state index contributed by atoms with van der Waals surface area (Å²) in [4.78, 5) is 32.6. The van der Waals surface area contributed by atoms with Gasteiger partial charge in [0.25, 0.3) is 0 Å². The van der Waals surface area contributed by atoms with Gasteiger partial charge >= 0.3 is 0 Å². The molecule has 4 aromatic rings. The fourth-order valence-corrected chi connectivity index (χ4v) is 5.33. The number of rotatable bonds is 2. The maximum absolute atomic E-state index is 11.9. The number of methoxy groups -OCH3 is 2. The molecule has 0 unspecified atom stereocenters. The summed E-state index contributed by atoms with van der Waals surface area (Å²) in [6.07, 6.45) is 4.79. The van der Waals surface area contributed by atoms with Gasteiger partial charge in [0.15, 0.2) is 23.1 Å². The van der Waals surface area contributed by atoms with Gasteiger partial charge in [-0.3, -0.25) is 9.59 Å². The largest absolute Gasteiger partial charge is 0.493 e. The van der Waals surface area contributed by atoms with E-state index in [0.717, 1.165) is 53.1 Å². The standard InChI is InChI=1S/C15H15NO3.C13H9Cl2NO/c1-18-13-7-10-6-9-4-3-5-12(17)15(9)16-11(10)8-14(13)19-2;14-9-5-8-4-7-2-1-3-11(17)13(7)16-12(8)10(15)6-9/h6-8H,3-5H2,1-2H3;4-6H,1-3H2. The fraction of sp³-hybridized carbons (Fsp3) is 0.286. The van der Waals surface area contributed by atoms with Crippen LogP contribution in [0.25, 0.3) is 21.8 Å². The molecule has 6 rings (SSSR count). The molecular formula is C28H24Cl2N2O4. The Bertz CT molecular complexity index is 1530. The first-order valence-corrected chi connectivity index (χ1v) is 12.5. The number of aryl methyl sites for hydroxylation is 2. The molecule has 2 heterocycles. The Balaban J connectivity index is 0.000000149. The molecule has 0 aliphatic heterocycles. The van der Waals surface area contributed by atoms with Crippen molar-refractivity contribution in [2.75, 3.05) is 14.2 Å². The van der Waals surface area contributed by atoms with E-state index in [1.807, 2.05) is 30.3 Å². The van der Waals surface area contributed by atoms with Crippen molar-refractivity contribution >= 4 is 56.6 Å². The topological polar surface area (TPSA) is 78.4 Å². The predicted octanol–water partition coefficient (Wildman–Crippen LogP) is 6.83. The van der Waals surface area contributed by atoms with E-state index in [-0.39, 0.29) is 11.6 Å². The van der Waals surface area contributed by atoms with Crippen molar-refractivity contribution in [3.63, 3.8) is 0 Å². The Hall–Kier alpha value is -3.22. The molecule has 0 atom stereocenters. The van der Waals surface area contributed by atoms with Crippen LogP contribution in [0.5, 0.6) is 11.5 Å². The van der Waals surface area contributed by atoms with Crippen molar-refractivity contribution in [3.8, 4) is 11.5 Å². The number of Topliss-reactive ketones (excluding diaryl/α,β-unsaturated/α-hetero) is 2. The molecule has 8 heteroatoms. The van der Waals surface area contributed by atoms with E-state index in [0.29, 0.717) is 51.3 Å². The second-order valence-corrected chi connectivity index (χ2v) is 9.75. The third-order valence-electron chi connectivity index (χ3n) is 6.54. The van der Waals surface area contributed by atoms with Crippen molar-refractivity contribution in [1.29, 1.82) is 0 Å². The van der Waals surface area contributed by atoms with Crippen LogP contribution in [0.2, 0.25) is 10.0 Å². The number of pyridine rings is 2. The first-order valence-electron chi connectivity index (χ1n) is 11.8. The molecule has 0 amide bonds. The highest BCUT2D eigenvalue weighted by Gasteiger charge is 2.21. The van der Waals surface area contributed by atoms with Gasteiger partial charge in [0.05, 0.1) is 30.3 Å². The van der Waals surface area contributed by atoms with Crippen molar-refractivity contribution in [2.45, 2.75) is 38.5 Å². The Kier molecular flexibility index (Phi) is 6.82. The lowest BCUT2D eigenvalue weighted by Gasteiger charge is -2.15. The molecule has 2 aliphatic rings. The van der Waals surface area contributed by atoms with E-state index in [9.17, 15) is 9.59 Å². The van der Waals surface area contributed by atoms with Gasteiger partial charge in [-0.15, -0.1) is 0 Å². The summed E-state index contributed by atoms with van der Waals surface area (Å²) in [5.41, 5.74) is 4.67. The summed E-state index contributed by atoms with van der Waals surface area (Å²) in [6.45, 7) is 0. The van der Waals surface area contributed by atoms with Crippen LogP contribution in [0.3, 0.4) is 0 Å². The SMILES string of the molecule is COc1cc2cc3c(nc2cc1OC)C(=O)CCC3.O=C1CCCc2cc3cc(Cl)cc(Cl)c3nc21. The summed E-state index contributed by atoms with van der Waals surface area (Å²) in [6, 6.07) is 11.2. The smallest absolute Gasteiger partial charge is 0.181 e. The van der Waals surface area contributed by atoms with Gasteiger partial charge in [0.2, 0.25) is 0 Å². The quantitative estimate of drug-likeness (QED) is 0.287. The van der Waals surface area contributed by atoms with Crippen LogP contribution in [-0.2, 0) is 12.8 Å². The highest BCUT2D eigenvalue weighted by atomic mass is 35.5. The number of fused-ring (bicyclic) bond motifs is 4. The molecule has 2 aliphatic carbocycles. The fourth-order valence-electron chi connectivity index (χ4n) is 4.78. The maximum Gasteiger partial charge on any atom is 0.181 e. The molecular weight excluding hydrogens is 499 g/mol. The van der Waals surface area contributed by atoms with Crippen molar-refractivity contribution in [1.82, 2.24) is 9.97 Å². The minimum atomic E-state index is 0.110. The average molecular weight is 523 g/mol. The van der Waals surface area contributed by atoms with E-state index in [1.165, 1.54) is 0 Å². The van der Waals surface area contributed by atoms with Gasteiger partial charge in [0.1, 0.15) is 11.4 Å². The molecule has 2 aromatic carbocycles. The highest BCUT2D eigenvalue weighted by Crippen LogP contribution is 2.34. The maximum atomic E-state index is 11.9. The second kappa shape index (κ2) is 10.0. The van der Waals surface area contributed by atoms with Gasteiger partial charge in [0, 0.05) is 34.7 Å². The van der Waals surface area contributed by atoms with E-state index in [1.54, 1.807) is 20.3 Å². The molecule has 0 radical (unpaired) electrons. The molecule has 0 saturated heterocycles. The van der Waals surface area contributed by atoms with Gasteiger partial charge in [-0.2, -0.15) is 0 Å². The van der Waals surface area contributed by atoms with Gasteiger partial charge in [-0.25, -0.2) is 9.97 Å². The Morgan fingerprint density at radius 3 is 1.92 bits per heavy atom. The number of halogens is 2. The number of carbonyl (C=O) groups is 2. The third-order valence-corrected chi connectivity index (χ3v) is 7.05. The highest BCUT2D eigenvalue weighted by molar-refractivity contribution is 6.38. The van der Waals surface area contributed by atoms with E-state index >= 15 is 0 Å². The van der Waals surface area contributed by atoms with Gasteiger partial charge in [-0.1, -0.05) is 23.2 Å². The van der Waals surface area contributed by atoms with Crippen LogP contribution in [-0.4, -0.2) is 35.8 Å². The van der Waals surface area contributed by atoms with Crippen LogP contribution in [0, 0.1) is 0 Å². The van der Waals surface area contributed by atoms with E-state index < -0.39 is 0 Å². The first-order chi connectivity index (χ1) is 17.4. The predicted molar refractivity (Wildman–Crippen MR) is 141 cm³/mol. The number of aromatic nitrogens is 2. The van der Waals surface area contributed by atoms with Gasteiger partial charge < -0.3 is 9.47 Å². The lowest BCUT2D eigenvalue weighted by atomic mass is 9.93. The lowest BCUT2D eigenvalue weighted by molar-refractivity contribution is 0.0959. The van der Waals surface area contributed by atoms with Crippen molar-refractivity contribution < 1.29 is 19.1 Å². The summed E-state index contributed by atoms with van der Waals surface area (Å²) < 4.78 is 10.6. The molecule has 0 spiro atoms. The first kappa shape index (κ1) is 24.5. The average Bonchev–Trinajstić information content (AvgIpc) is 2.87. The normalized spacial score (nSPS) is 14.7. The van der Waals surface area contributed by atoms with Crippen LogP contribution >= 0.6 is 23.2 Å². The molecule has 0 saturated carbocycles. The molecule has 0 bridgehead atoms. The molecule has 36 heavy (non-hydrogen) atoms. The number of benzene rings is 2. The Morgan fingerprint density at radius 1 is 0.694 bits per heavy atom. The van der Waals surface area contributed by atoms with Crippen molar-refractivity contribution in [3.05, 3.63) is 69.0 Å². The summed E-state index contributed by atoms with van der Waals surface area (Å²) >= 11 is 12.1. The minimum Gasteiger partial charge on any atom is -0.493 e. The van der Waals surface area contributed by atoms with E-state index in [2.05, 4.69) is 9.97 Å². The summed E-state index contributed by atoms with van der Waals surface area (Å²) in [7, 11) is 3.20. The Labute approximate surface area is 218 Å². The second-order valence-electron chi connectivity index (χ2n) is 8.90. The van der Waals surface area contributed by atoms with Crippen LogP contribution in [0.15, 0.2) is 36.4 Å². The monoisotopic (exact) mass is 522 g/mol. The molecule has 0 N–H and O–H groups in total. The zero-order chi connectivity index (χ0) is 25.4. The number of carbonyl (C=O) groups excluding carboxylic acids is 2. The lowest BCUT2D eigenvalue weighted by Crippen LogP contribution is -2.13. The van der Waals surface area contributed by atoms with Gasteiger partial charge in [-0.05, 0) is 67.1 Å². The Morgan fingerprint density at radius 2 is 1.28 bits per heavy atom. The van der Waals surface area contributed by atoms with Crippen LogP contribution < -0.4 is 9.47 Å². The number of hydrogen-bond donors (Lipinski definition) is 0. The zero-order valence-corrected chi connectivity index (χ0v) is 21.5. The zero-order valence-electron chi connectivity index (χ0n) is 20.0. The minimum absolute atomic E-state index is 0.110.